The summed E-state index contributed by atoms with van der Waals surface area (Å²) < 4.78 is 5.65. The van der Waals surface area contributed by atoms with Crippen molar-refractivity contribution in [3.8, 4) is 16.5 Å². The summed E-state index contributed by atoms with van der Waals surface area (Å²) in [6.45, 7) is 0.110. The summed E-state index contributed by atoms with van der Waals surface area (Å²) in [5.41, 5.74) is 7.21. The fourth-order valence-electron chi connectivity index (χ4n) is 2.42. The van der Waals surface area contributed by atoms with Crippen molar-refractivity contribution in [2.45, 2.75) is 18.5 Å². The molecule has 8 nitrogen and oxygen atoms in total. The molecular formula is C19H26N4O4S3. The topological polar surface area (TPSA) is 127 Å². The number of carbonyl (C=O) groups is 2. The number of aliphatic carboxylic acids is 1. The second-order valence-electron chi connectivity index (χ2n) is 6.38. The molecule has 0 spiro atoms. The van der Waals surface area contributed by atoms with Crippen LogP contribution in [0.1, 0.15) is 6.42 Å². The van der Waals surface area contributed by atoms with Crippen molar-refractivity contribution in [1.82, 2.24) is 10.3 Å². The van der Waals surface area contributed by atoms with Gasteiger partial charge in [-0.05, 0) is 42.0 Å². The summed E-state index contributed by atoms with van der Waals surface area (Å²) in [6, 6.07) is 6.43. The molecule has 2 rings (SSSR count). The molecule has 2 heterocycles. The SMILES string of the molecule is CSCCC(NC(=O)COc1nc(-c2cccs2)ccc1NCC(N)CS)C(=O)O. The number of rotatable bonds is 13. The van der Waals surface area contributed by atoms with E-state index < -0.39 is 17.9 Å². The van der Waals surface area contributed by atoms with Crippen LogP contribution in [-0.2, 0) is 9.59 Å². The Morgan fingerprint density at radius 2 is 2.20 bits per heavy atom. The van der Waals surface area contributed by atoms with Crippen LogP contribution in [0.2, 0.25) is 0 Å². The van der Waals surface area contributed by atoms with Crippen LogP contribution in [-0.4, -0.2) is 65.0 Å². The molecule has 0 aliphatic rings. The van der Waals surface area contributed by atoms with Crippen LogP contribution in [0.5, 0.6) is 5.88 Å². The summed E-state index contributed by atoms with van der Waals surface area (Å²) in [6.07, 6.45) is 2.22. The molecule has 0 saturated carbocycles. The molecule has 0 saturated heterocycles. The predicted molar refractivity (Wildman–Crippen MR) is 126 cm³/mol. The monoisotopic (exact) mass is 470 g/mol. The van der Waals surface area contributed by atoms with Crippen molar-refractivity contribution in [1.29, 1.82) is 0 Å². The number of nitrogens with two attached hydrogens (primary N) is 1. The average Bonchev–Trinajstić information content (AvgIpc) is 3.28. The first-order valence-electron chi connectivity index (χ1n) is 9.23. The second kappa shape index (κ2) is 12.7. The Labute approximate surface area is 189 Å². The number of hydrogen-bond donors (Lipinski definition) is 5. The third kappa shape index (κ3) is 7.71. The maximum absolute atomic E-state index is 12.2. The number of pyridine rings is 1. The molecule has 2 aromatic heterocycles. The maximum atomic E-state index is 12.2. The Hall–Kier alpha value is -1.95. The lowest BCUT2D eigenvalue weighted by molar-refractivity contribution is -0.142. The number of thiophene rings is 1. The standard InChI is InChI=1S/C19H26N4O4S3/c1-29-8-6-15(19(25)26)22-17(24)10-27-18-14(21-9-12(20)11-28)5-4-13(23-18)16-3-2-7-30-16/h2-5,7,12,15,21,28H,6,8-11,20H2,1H3,(H,22,24)(H,25,26). The number of hydrogen-bond acceptors (Lipinski definition) is 9. The van der Waals surface area contributed by atoms with Gasteiger partial charge in [-0.15, -0.1) is 11.3 Å². The number of carboxylic acid groups (broad SMARTS) is 1. The van der Waals surface area contributed by atoms with Gasteiger partial charge in [-0.1, -0.05) is 6.07 Å². The van der Waals surface area contributed by atoms with E-state index in [0.717, 1.165) is 4.88 Å². The van der Waals surface area contributed by atoms with Gasteiger partial charge in [-0.2, -0.15) is 24.4 Å². The van der Waals surface area contributed by atoms with Crippen LogP contribution in [0.3, 0.4) is 0 Å². The van der Waals surface area contributed by atoms with Crippen LogP contribution < -0.4 is 21.1 Å². The molecule has 0 radical (unpaired) electrons. The van der Waals surface area contributed by atoms with Gasteiger partial charge in [0.2, 0.25) is 5.88 Å². The molecule has 0 bridgehead atoms. The molecule has 0 fully saturated rings. The molecule has 1 amide bonds. The highest BCUT2D eigenvalue weighted by atomic mass is 32.2. The van der Waals surface area contributed by atoms with Crippen LogP contribution in [0.4, 0.5) is 5.69 Å². The Balaban J connectivity index is 2.09. The first-order valence-corrected chi connectivity index (χ1v) is 12.1. The summed E-state index contributed by atoms with van der Waals surface area (Å²) in [7, 11) is 0. The molecule has 0 aromatic carbocycles. The molecule has 164 valence electrons. The normalized spacial score (nSPS) is 12.8. The number of anilines is 1. The molecule has 2 unspecified atom stereocenters. The quantitative estimate of drug-likeness (QED) is 0.282. The zero-order valence-electron chi connectivity index (χ0n) is 16.5. The van der Waals surface area contributed by atoms with Crippen molar-refractivity contribution in [3.05, 3.63) is 29.6 Å². The van der Waals surface area contributed by atoms with Gasteiger partial charge in [-0.3, -0.25) is 4.79 Å². The fraction of sp³-hybridized carbons (Fsp3) is 0.421. The lowest BCUT2D eigenvalue weighted by Crippen LogP contribution is -2.43. The van der Waals surface area contributed by atoms with Crippen molar-refractivity contribution < 1.29 is 19.4 Å². The van der Waals surface area contributed by atoms with Crippen LogP contribution >= 0.6 is 35.7 Å². The highest BCUT2D eigenvalue weighted by Crippen LogP contribution is 2.29. The number of nitrogens with one attached hydrogen (secondary N) is 2. The number of thioether (sulfide) groups is 1. The molecular weight excluding hydrogens is 444 g/mol. The minimum Gasteiger partial charge on any atom is -0.480 e. The third-order valence-electron chi connectivity index (χ3n) is 4.01. The average molecular weight is 471 g/mol. The number of amides is 1. The Kier molecular flexibility index (Phi) is 10.3. The lowest BCUT2D eigenvalue weighted by atomic mass is 10.2. The maximum Gasteiger partial charge on any atom is 0.326 e. The molecule has 0 aliphatic carbocycles. The molecule has 30 heavy (non-hydrogen) atoms. The molecule has 2 atom stereocenters. The van der Waals surface area contributed by atoms with Gasteiger partial charge >= 0.3 is 5.97 Å². The van der Waals surface area contributed by atoms with E-state index in [1.807, 2.05) is 35.9 Å². The first kappa shape index (κ1) is 24.3. The van der Waals surface area contributed by atoms with E-state index in [0.29, 0.717) is 35.9 Å². The third-order valence-corrected chi connectivity index (χ3v) is 6.01. The van der Waals surface area contributed by atoms with Crippen molar-refractivity contribution >= 4 is 53.3 Å². The van der Waals surface area contributed by atoms with E-state index in [2.05, 4.69) is 28.2 Å². The van der Waals surface area contributed by atoms with Gasteiger partial charge in [0.05, 0.1) is 16.3 Å². The van der Waals surface area contributed by atoms with E-state index in [1.165, 1.54) is 11.8 Å². The summed E-state index contributed by atoms with van der Waals surface area (Å²) in [4.78, 5) is 29.1. The van der Waals surface area contributed by atoms with Gasteiger partial charge in [-0.25, -0.2) is 9.78 Å². The van der Waals surface area contributed by atoms with E-state index in [4.69, 9.17) is 10.5 Å². The van der Waals surface area contributed by atoms with Gasteiger partial charge in [0, 0.05) is 18.3 Å². The largest absolute Gasteiger partial charge is 0.480 e. The number of ether oxygens (including phenoxy) is 1. The second-order valence-corrected chi connectivity index (χ2v) is 8.68. The lowest BCUT2D eigenvalue weighted by Gasteiger charge is -2.17. The van der Waals surface area contributed by atoms with E-state index >= 15 is 0 Å². The summed E-state index contributed by atoms with van der Waals surface area (Å²) in [5.74, 6) is -0.206. The van der Waals surface area contributed by atoms with Gasteiger partial charge in [0.1, 0.15) is 6.04 Å². The number of nitrogens with zero attached hydrogens (tertiary/aromatic N) is 1. The Morgan fingerprint density at radius 1 is 1.40 bits per heavy atom. The first-order chi connectivity index (χ1) is 14.4. The van der Waals surface area contributed by atoms with Crippen molar-refractivity contribution in [2.75, 3.05) is 36.2 Å². The van der Waals surface area contributed by atoms with E-state index in [1.54, 1.807) is 11.3 Å². The Morgan fingerprint density at radius 3 is 2.83 bits per heavy atom. The zero-order chi connectivity index (χ0) is 21.9. The number of carbonyl (C=O) groups excluding carboxylic acids is 1. The number of carboxylic acids is 1. The van der Waals surface area contributed by atoms with E-state index in [-0.39, 0.29) is 18.5 Å². The van der Waals surface area contributed by atoms with Crippen molar-refractivity contribution in [2.24, 2.45) is 5.73 Å². The highest BCUT2D eigenvalue weighted by molar-refractivity contribution is 7.98. The van der Waals surface area contributed by atoms with Crippen LogP contribution in [0.15, 0.2) is 29.6 Å². The number of aromatic nitrogens is 1. The van der Waals surface area contributed by atoms with Gasteiger partial charge < -0.3 is 26.2 Å². The van der Waals surface area contributed by atoms with Crippen LogP contribution in [0.25, 0.3) is 10.6 Å². The summed E-state index contributed by atoms with van der Waals surface area (Å²) >= 11 is 7.23. The van der Waals surface area contributed by atoms with Gasteiger partial charge in [0.25, 0.3) is 5.91 Å². The molecule has 5 N–H and O–H groups in total. The minimum atomic E-state index is -1.07. The highest BCUT2D eigenvalue weighted by Gasteiger charge is 2.20. The summed E-state index contributed by atoms with van der Waals surface area (Å²) in [5, 5.41) is 16.9. The molecule has 0 aliphatic heterocycles. The smallest absolute Gasteiger partial charge is 0.326 e. The minimum absolute atomic E-state index is 0.158. The van der Waals surface area contributed by atoms with Crippen molar-refractivity contribution in [3.63, 3.8) is 0 Å². The fourth-order valence-corrected chi connectivity index (χ4v) is 3.71. The van der Waals surface area contributed by atoms with Crippen LogP contribution in [0, 0.1) is 0 Å². The van der Waals surface area contributed by atoms with Gasteiger partial charge in [0.15, 0.2) is 6.61 Å². The zero-order valence-corrected chi connectivity index (χ0v) is 19.1. The number of thiol groups is 1. The van der Waals surface area contributed by atoms with E-state index in [9.17, 15) is 14.7 Å². The predicted octanol–water partition coefficient (Wildman–Crippen LogP) is 2.18. The molecule has 11 heteroatoms. The Bertz CT molecular complexity index is 820. The molecule has 2 aromatic rings.